The predicted molar refractivity (Wildman–Crippen MR) is 93.0 cm³/mol. The van der Waals surface area contributed by atoms with Crippen LogP contribution >= 0.6 is 11.3 Å². The van der Waals surface area contributed by atoms with Crippen LogP contribution in [0.4, 0.5) is 0 Å². The fraction of sp³-hybridized carbons (Fsp3) is 0.444. The van der Waals surface area contributed by atoms with E-state index in [0.29, 0.717) is 17.7 Å². The van der Waals surface area contributed by atoms with E-state index in [1.807, 2.05) is 34.5 Å². The van der Waals surface area contributed by atoms with Gasteiger partial charge in [0.25, 0.3) is 5.91 Å². The number of thiazole rings is 1. The van der Waals surface area contributed by atoms with E-state index >= 15 is 0 Å². The summed E-state index contributed by atoms with van der Waals surface area (Å²) in [6, 6.07) is 8.10. The monoisotopic (exact) mass is 330 g/mol. The van der Waals surface area contributed by atoms with Gasteiger partial charge in [-0.15, -0.1) is 11.3 Å². The number of ether oxygens (including phenoxy) is 1. The maximum atomic E-state index is 12.8. The number of carbonyl (C=O) groups is 1. The minimum Gasteiger partial charge on any atom is -0.496 e. The zero-order chi connectivity index (χ0) is 16.4. The van der Waals surface area contributed by atoms with Crippen LogP contribution in [0.25, 0.3) is 10.6 Å². The average Bonchev–Trinajstić information content (AvgIpc) is 3.23. The first-order valence-corrected chi connectivity index (χ1v) is 8.89. The number of methoxy groups -OCH3 is 1. The molecule has 5 heteroatoms. The first-order chi connectivity index (χ1) is 11.1. The molecule has 0 bridgehead atoms. The third kappa shape index (κ3) is 3.11. The van der Waals surface area contributed by atoms with Gasteiger partial charge in [-0.2, -0.15) is 0 Å². The molecule has 1 aliphatic heterocycles. The smallest absolute Gasteiger partial charge is 0.273 e. The van der Waals surface area contributed by atoms with Crippen molar-refractivity contribution in [2.75, 3.05) is 13.7 Å². The molecular formula is C18H22N2O2S. The van der Waals surface area contributed by atoms with Gasteiger partial charge < -0.3 is 9.64 Å². The number of benzene rings is 1. The van der Waals surface area contributed by atoms with Crippen LogP contribution in [-0.4, -0.2) is 35.5 Å². The van der Waals surface area contributed by atoms with E-state index in [9.17, 15) is 4.79 Å². The van der Waals surface area contributed by atoms with Crippen molar-refractivity contribution in [3.8, 4) is 16.3 Å². The molecule has 0 spiro atoms. The van der Waals surface area contributed by atoms with Crippen molar-refractivity contribution < 1.29 is 9.53 Å². The number of amides is 1. The Morgan fingerprint density at radius 1 is 1.39 bits per heavy atom. The highest BCUT2D eigenvalue weighted by Gasteiger charge is 2.32. The van der Waals surface area contributed by atoms with Gasteiger partial charge in [-0.25, -0.2) is 4.98 Å². The third-order valence-electron chi connectivity index (χ3n) is 4.39. The average molecular weight is 330 g/mol. The third-order valence-corrected chi connectivity index (χ3v) is 5.27. The quantitative estimate of drug-likeness (QED) is 0.848. The van der Waals surface area contributed by atoms with Crippen LogP contribution in [0.15, 0.2) is 29.6 Å². The van der Waals surface area contributed by atoms with E-state index in [-0.39, 0.29) is 5.91 Å². The second-order valence-electron chi connectivity index (χ2n) is 6.19. The lowest BCUT2D eigenvalue weighted by atomic mass is 10.0. The summed E-state index contributed by atoms with van der Waals surface area (Å²) < 4.78 is 5.39. The molecule has 1 atom stereocenters. The van der Waals surface area contributed by atoms with Crippen LogP contribution in [0.5, 0.6) is 5.75 Å². The number of nitrogens with zero attached hydrogens (tertiary/aromatic N) is 2. The highest BCUT2D eigenvalue weighted by molar-refractivity contribution is 7.13. The lowest BCUT2D eigenvalue weighted by Gasteiger charge is -2.27. The minimum absolute atomic E-state index is 0.0543. The number of para-hydroxylation sites is 1. The van der Waals surface area contributed by atoms with E-state index in [1.54, 1.807) is 7.11 Å². The van der Waals surface area contributed by atoms with E-state index < -0.39 is 0 Å². The second kappa shape index (κ2) is 6.71. The number of hydrogen-bond donors (Lipinski definition) is 0. The standard InChI is InChI=1S/C18H22N2O2S/c1-12(2)15-8-6-10-20(15)18(21)14-11-23-17(19-14)13-7-4-5-9-16(13)22-3/h4-5,7,9,11-12,15H,6,8,10H2,1-3H3. The van der Waals surface area contributed by atoms with E-state index in [4.69, 9.17) is 4.74 Å². The number of aromatic nitrogens is 1. The molecule has 0 aliphatic carbocycles. The number of hydrogen-bond acceptors (Lipinski definition) is 4. The molecule has 1 amide bonds. The molecule has 4 nitrogen and oxygen atoms in total. The Bertz CT molecular complexity index is 696. The van der Waals surface area contributed by atoms with Gasteiger partial charge in [0.15, 0.2) is 0 Å². The Balaban J connectivity index is 1.86. The lowest BCUT2D eigenvalue weighted by Crippen LogP contribution is -2.38. The molecule has 2 aromatic rings. The lowest BCUT2D eigenvalue weighted by molar-refractivity contribution is 0.0696. The van der Waals surface area contributed by atoms with Crippen LogP contribution in [0.2, 0.25) is 0 Å². The molecule has 2 heterocycles. The highest BCUT2D eigenvalue weighted by atomic mass is 32.1. The molecule has 23 heavy (non-hydrogen) atoms. The first-order valence-electron chi connectivity index (χ1n) is 8.01. The molecule has 1 aliphatic rings. The van der Waals surface area contributed by atoms with Crippen LogP contribution in [-0.2, 0) is 0 Å². The highest BCUT2D eigenvalue weighted by Crippen LogP contribution is 2.33. The summed E-state index contributed by atoms with van der Waals surface area (Å²) in [5.74, 6) is 1.31. The van der Waals surface area contributed by atoms with Crippen LogP contribution < -0.4 is 4.74 Å². The largest absolute Gasteiger partial charge is 0.496 e. The van der Waals surface area contributed by atoms with Crippen LogP contribution in [0.3, 0.4) is 0 Å². The fourth-order valence-corrected chi connectivity index (χ4v) is 4.03. The molecule has 0 saturated carbocycles. The molecule has 3 rings (SSSR count). The predicted octanol–water partition coefficient (Wildman–Crippen LogP) is 4.08. The van der Waals surface area contributed by atoms with Gasteiger partial charge in [0.2, 0.25) is 0 Å². The molecule has 122 valence electrons. The molecule has 1 fully saturated rings. The minimum atomic E-state index is 0.0543. The molecule has 0 N–H and O–H groups in total. The summed E-state index contributed by atoms with van der Waals surface area (Å²) in [5, 5.41) is 2.69. The van der Waals surface area contributed by atoms with Crippen molar-refractivity contribution in [2.24, 2.45) is 5.92 Å². The summed E-state index contributed by atoms with van der Waals surface area (Å²) in [5.41, 5.74) is 1.48. The van der Waals surface area contributed by atoms with Crippen molar-refractivity contribution in [1.29, 1.82) is 0 Å². The van der Waals surface area contributed by atoms with Gasteiger partial charge in [0, 0.05) is 18.0 Å². The van der Waals surface area contributed by atoms with Gasteiger partial charge in [-0.3, -0.25) is 4.79 Å². The number of likely N-dealkylation sites (tertiary alicyclic amines) is 1. The second-order valence-corrected chi connectivity index (χ2v) is 7.05. The van der Waals surface area contributed by atoms with E-state index in [1.165, 1.54) is 11.3 Å². The van der Waals surface area contributed by atoms with Crippen molar-refractivity contribution in [2.45, 2.75) is 32.7 Å². The van der Waals surface area contributed by atoms with Gasteiger partial charge in [0.05, 0.1) is 12.7 Å². The van der Waals surface area contributed by atoms with Crippen molar-refractivity contribution in [1.82, 2.24) is 9.88 Å². The molecular weight excluding hydrogens is 308 g/mol. The van der Waals surface area contributed by atoms with Crippen LogP contribution in [0.1, 0.15) is 37.2 Å². The van der Waals surface area contributed by atoms with Gasteiger partial charge in [-0.05, 0) is 30.9 Å². The summed E-state index contributed by atoms with van der Waals surface area (Å²) >= 11 is 1.49. The Hall–Kier alpha value is -1.88. The summed E-state index contributed by atoms with van der Waals surface area (Å²) in [6.07, 6.45) is 2.17. The van der Waals surface area contributed by atoms with Crippen molar-refractivity contribution >= 4 is 17.2 Å². The molecule has 1 aromatic carbocycles. The van der Waals surface area contributed by atoms with Gasteiger partial charge in [-0.1, -0.05) is 26.0 Å². The van der Waals surface area contributed by atoms with Crippen molar-refractivity contribution in [3.05, 3.63) is 35.3 Å². The topological polar surface area (TPSA) is 42.4 Å². The molecule has 1 unspecified atom stereocenters. The number of carbonyl (C=O) groups excluding carboxylic acids is 1. The van der Waals surface area contributed by atoms with Gasteiger partial charge in [0.1, 0.15) is 16.5 Å². The normalized spacial score (nSPS) is 17.7. The Morgan fingerprint density at radius 3 is 2.91 bits per heavy atom. The maximum absolute atomic E-state index is 12.8. The fourth-order valence-electron chi connectivity index (χ4n) is 3.20. The SMILES string of the molecule is COc1ccccc1-c1nc(C(=O)N2CCCC2C(C)C)cs1. The molecule has 1 aromatic heterocycles. The maximum Gasteiger partial charge on any atom is 0.273 e. The Labute approximate surface area is 141 Å². The van der Waals surface area contributed by atoms with Crippen LogP contribution in [0, 0.1) is 5.92 Å². The van der Waals surface area contributed by atoms with Gasteiger partial charge >= 0.3 is 0 Å². The zero-order valence-corrected chi connectivity index (χ0v) is 14.6. The van der Waals surface area contributed by atoms with Crippen molar-refractivity contribution in [3.63, 3.8) is 0 Å². The summed E-state index contributed by atoms with van der Waals surface area (Å²) in [4.78, 5) is 19.4. The Morgan fingerprint density at radius 2 is 2.17 bits per heavy atom. The Kier molecular flexibility index (Phi) is 4.66. The number of rotatable bonds is 4. The van der Waals surface area contributed by atoms with E-state index in [2.05, 4.69) is 18.8 Å². The van der Waals surface area contributed by atoms with E-state index in [0.717, 1.165) is 35.7 Å². The molecule has 1 saturated heterocycles. The molecule has 0 radical (unpaired) electrons. The summed E-state index contributed by atoms with van der Waals surface area (Å²) in [7, 11) is 1.65. The zero-order valence-electron chi connectivity index (χ0n) is 13.8. The first kappa shape index (κ1) is 16.0. The summed E-state index contributed by atoms with van der Waals surface area (Å²) in [6.45, 7) is 5.19.